The lowest BCUT2D eigenvalue weighted by atomic mass is 9.77. The number of amides is 3. The third-order valence-electron chi connectivity index (χ3n) is 6.65. The van der Waals surface area contributed by atoms with Crippen molar-refractivity contribution >= 4 is 35.3 Å². The van der Waals surface area contributed by atoms with Crippen molar-refractivity contribution in [2.24, 2.45) is 5.41 Å². The molecule has 1 atom stereocenters. The Bertz CT molecular complexity index is 1220. The van der Waals surface area contributed by atoms with E-state index in [0.717, 1.165) is 16.5 Å². The van der Waals surface area contributed by atoms with E-state index in [1.54, 1.807) is 32.2 Å². The summed E-state index contributed by atoms with van der Waals surface area (Å²) in [6.45, 7) is 1.23. The Hall–Kier alpha value is -3.70. The molecule has 222 valence electrons. The van der Waals surface area contributed by atoms with Gasteiger partial charge in [-0.15, -0.1) is 0 Å². The normalized spacial score (nSPS) is 18.6. The molecule has 0 radical (unpaired) electrons. The van der Waals surface area contributed by atoms with Crippen molar-refractivity contribution in [3.05, 3.63) is 64.4 Å². The van der Waals surface area contributed by atoms with Crippen molar-refractivity contribution in [1.29, 1.82) is 0 Å². The molecule has 2 bridgehead atoms. The fourth-order valence-corrected chi connectivity index (χ4v) is 4.84. The number of nitrogens with one attached hydrogen (secondary N) is 2. The second-order valence-electron chi connectivity index (χ2n) is 9.66. The van der Waals surface area contributed by atoms with Crippen LogP contribution in [0.3, 0.4) is 0 Å². The number of ether oxygens (including phenoxy) is 3. The lowest BCUT2D eigenvalue weighted by molar-refractivity contribution is -0.156. The molecule has 41 heavy (non-hydrogen) atoms. The molecule has 0 saturated carbocycles. The maximum atomic E-state index is 14.6. The summed E-state index contributed by atoms with van der Waals surface area (Å²) in [4.78, 5) is 53.5. The van der Waals surface area contributed by atoms with Crippen LogP contribution in [0.5, 0.6) is 5.75 Å². The highest BCUT2D eigenvalue weighted by molar-refractivity contribution is 6.33. The average Bonchev–Trinajstić information content (AvgIpc) is 2.94. The molecule has 0 fully saturated rings. The molecule has 0 aliphatic carbocycles. The van der Waals surface area contributed by atoms with E-state index in [4.69, 9.17) is 25.8 Å². The van der Waals surface area contributed by atoms with Gasteiger partial charge in [-0.3, -0.25) is 19.2 Å². The van der Waals surface area contributed by atoms with Gasteiger partial charge < -0.3 is 29.7 Å². The molecule has 1 heterocycles. The van der Waals surface area contributed by atoms with E-state index in [1.165, 1.54) is 12.1 Å². The molecule has 1 aliphatic heterocycles. The number of rotatable bonds is 7. The fraction of sp³-hybridized carbons (Fsp3) is 0.448. The molecule has 0 spiro atoms. The van der Waals surface area contributed by atoms with Crippen LogP contribution in [0, 0.1) is 11.2 Å². The largest absolute Gasteiger partial charge is 0.484 e. The van der Waals surface area contributed by atoms with Crippen molar-refractivity contribution in [3.63, 3.8) is 0 Å². The third kappa shape index (κ3) is 8.89. The van der Waals surface area contributed by atoms with E-state index in [9.17, 15) is 23.6 Å². The van der Waals surface area contributed by atoms with Crippen LogP contribution in [0.25, 0.3) is 0 Å². The first-order valence-electron chi connectivity index (χ1n) is 13.3. The zero-order valence-corrected chi connectivity index (χ0v) is 23.9. The monoisotopic (exact) mass is 591 g/mol. The van der Waals surface area contributed by atoms with E-state index in [0.29, 0.717) is 25.2 Å². The van der Waals surface area contributed by atoms with Crippen LogP contribution in [-0.4, -0.2) is 81.7 Å². The number of hydrogen-bond acceptors (Lipinski definition) is 7. The van der Waals surface area contributed by atoms with Gasteiger partial charge in [0.1, 0.15) is 11.6 Å². The lowest BCUT2D eigenvalue weighted by Crippen LogP contribution is -2.49. The van der Waals surface area contributed by atoms with Crippen LogP contribution < -0.4 is 15.4 Å². The second kappa shape index (κ2) is 15.3. The molecule has 1 aliphatic rings. The topological polar surface area (TPSA) is 123 Å². The Morgan fingerprint density at radius 3 is 2.66 bits per heavy atom. The highest BCUT2D eigenvalue weighted by Gasteiger charge is 2.40. The number of carbonyl (C=O) groups excluding carboxylic acids is 4. The molecule has 3 amide bonds. The van der Waals surface area contributed by atoms with Gasteiger partial charge in [0.15, 0.2) is 6.61 Å². The lowest BCUT2D eigenvalue weighted by Gasteiger charge is -2.32. The highest BCUT2D eigenvalue weighted by atomic mass is 35.5. The van der Waals surface area contributed by atoms with E-state index in [1.807, 2.05) is 6.07 Å². The van der Waals surface area contributed by atoms with Crippen molar-refractivity contribution in [3.8, 4) is 5.75 Å². The van der Waals surface area contributed by atoms with Gasteiger partial charge in [-0.25, -0.2) is 4.39 Å². The Morgan fingerprint density at radius 2 is 1.93 bits per heavy atom. The number of nitrogens with zero attached hydrogens (tertiary/aromatic N) is 1. The number of methoxy groups -OCH3 is 1. The smallest absolute Gasteiger partial charge is 0.314 e. The van der Waals surface area contributed by atoms with Crippen LogP contribution in [0.15, 0.2) is 42.5 Å². The summed E-state index contributed by atoms with van der Waals surface area (Å²) in [6, 6.07) is 10.8. The number of fused-ring (bicyclic) bond motifs is 2. The summed E-state index contributed by atoms with van der Waals surface area (Å²) in [6.07, 6.45) is 1.05. The molecule has 0 saturated heterocycles. The summed E-state index contributed by atoms with van der Waals surface area (Å²) >= 11 is 6.11. The zero-order valence-electron chi connectivity index (χ0n) is 23.2. The minimum Gasteiger partial charge on any atom is -0.484 e. The van der Waals surface area contributed by atoms with Gasteiger partial charge in [0.05, 0.1) is 29.2 Å². The van der Waals surface area contributed by atoms with Gasteiger partial charge in [0, 0.05) is 33.4 Å². The predicted molar refractivity (Wildman–Crippen MR) is 149 cm³/mol. The van der Waals surface area contributed by atoms with Crippen molar-refractivity contribution in [1.82, 2.24) is 15.5 Å². The van der Waals surface area contributed by atoms with E-state index >= 15 is 0 Å². The second-order valence-corrected chi connectivity index (χ2v) is 10.1. The number of hydrogen-bond donors (Lipinski definition) is 2. The van der Waals surface area contributed by atoms with Crippen molar-refractivity contribution < 1.29 is 37.8 Å². The molecule has 10 nitrogen and oxygen atoms in total. The Labute approximate surface area is 243 Å². The molecule has 3 rings (SSSR count). The first kappa shape index (κ1) is 31.8. The van der Waals surface area contributed by atoms with Gasteiger partial charge in [0.2, 0.25) is 5.91 Å². The number of benzene rings is 2. The minimum absolute atomic E-state index is 0.0306. The van der Waals surface area contributed by atoms with E-state index in [-0.39, 0.29) is 49.9 Å². The predicted octanol–water partition coefficient (Wildman–Crippen LogP) is 2.76. The minimum atomic E-state index is -1.17. The molecule has 2 aromatic carbocycles. The first-order valence-corrected chi connectivity index (χ1v) is 13.7. The molecule has 2 aromatic rings. The highest BCUT2D eigenvalue weighted by Crippen LogP contribution is 2.32. The van der Waals surface area contributed by atoms with Gasteiger partial charge in [0.25, 0.3) is 11.8 Å². The summed E-state index contributed by atoms with van der Waals surface area (Å²) in [5.41, 5.74) is -0.813. The van der Waals surface area contributed by atoms with Crippen LogP contribution in [-0.2, 0) is 30.3 Å². The Balaban J connectivity index is 1.96. The van der Waals surface area contributed by atoms with E-state index < -0.39 is 41.5 Å². The maximum Gasteiger partial charge on any atom is 0.314 e. The molecule has 2 N–H and O–H groups in total. The first-order chi connectivity index (χ1) is 19.7. The molecule has 1 unspecified atom stereocenters. The molecular formula is C29H35ClFN3O7. The van der Waals surface area contributed by atoms with Crippen LogP contribution in [0.4, 0.5) is 4.39 Å². The summed E-state index contributed by atoms with van der Waals surface area (Å²) in [7, 11) is 1.56. The average molecular weight is 592 g/mol. The SMILES string of the molecule is CCOC(=O)C1(CCCOC)CNC(=O)CN(C(=O)c2c(F)cccc2Cl)CCNC(=O)COc2cccc(c2)C1. The van der Waals surface area contributed by atoms with Crippen LogP contribution >= 0.6 is 11.6 Å². The quantitative estimate of drug-likeness (QED) is 0.375. The zero-order chi connectivity index (χ0) is 29.8. The number of carbonyl (C=O) groups is 4. The van der Waals surface area contributed by atoms with Gasteiger partial charge >= 0.3 is 5.97 Å². The van der Waals surface area contributed by atoms with Gasteiger partial charge in [-0.1, -0.05) is 29.8 Å². The summed E-state index contributed by atoms with van der Waals surface area (Å²) < 4.78 is 30.9. The Kier molecular flexibility index (Phi) is 11.9. The Morgan fingerprint density at radius 1 is 1.15 bits per heavy atom. The van der Waals surface area contributed by atoms with Gasteiger partial charge in [-0.05, 0) is 56.0 Å². The molecular weight excluding hydrogens is 557 g/mol. The number of esters is 1. The van der Waals surface area contributed by atoms with Crippen LogP contribution in [0.2, 0.25) is 5.02 Å². The van der Waals surface area contributed by atoms with Crippen LogP contribution in [0.1, 0.15) is 35.7 Å². The van der Waals surface area contributed by atoms with Gasteiger partial charge in [-0.2, -0.15) is 0 Å². The third-order valence-corrected chi connectivity index (χ3v) is 6.96. The summed E-state index contributed by atoms with van der Waals surface area (Å²) in [5, 5.41) is 5.31. The number of halogens is 2. The van der Waals surface area contributed by atoms with Crippen molar-refractivity contribution in [2.75, 3.05) is 53.1 Å². The molecule has 12 heteroatoms. The van der Waals surface area contributed by atoms with E-state index in [2.05, 4.69) is 10.6 Å². The maximum absolute atomic E-state index is 14.6. The summed E-state index contributed by atoms with van der Waals surface area (Å²) in [5.74, 6) is -2.76. The molecule has 0 aromatic heterocycles. The van der Waals surface area contributed by atoms with Crippen molar-refractivity contribution in [2.45, 2.75) is 26.2 Å². The standard InChI is InChI=1S/C29H35ClFN3O7/c1-3-40-28(38)29(11-6-14-39-2)16-20-7-4-8-21(15-20)41-18-25(36)32-12-13-34(17-24(35)33-19-29)27(37)26-22(30)9-5-10-23(26)31/h4-5,7-10,15H,3,6,11-14,16-19H2,1-2H3,(H,32,36)(H,33,35). The fourth-order valence-electron chi connectivity index (χ4n) is 4.60.